The minimum absolute atomic E-state index is 0.0402. The van der Waals surface area contributed by atoms with Gasteiger partial charge in [-0.15, -0.1) is 0 Å². The fourth-order valence-electron chi connectivity index (χ4n) is 5.17. The van der Waals surface area contributed by atoms with E-state index in [1.54, 1.807) is 30.1 Å². The molecule has 0 bridgehead atoms. The molecule has 1 aliphatic heterocycles. The molecule has 0 saturated carbocycles. The number of nitrogens with zero attached hydrogens (tertiary/aromatic N) is 7. The van der Waals surface area contributed by atoms with E-state index in [1.165, 1.54) is 5.56 Å². The average molecular weight is 442 g/mol. The predicted octanol–water partition coefficient (Wildman–Crippen LogP) is 3.37. The fourth-order valence-corrected chi connectivity index (χ4v) is 5.17. The summed E-state index contributed by atoms with van der Waals surface area (Å²) in [5, 5.41) is 13.7. The number of nitriles is 1. The minimum atomic E-state index is -0.0402. The molecule has 5 rings (SSSR count). The van der Waals surface area contributed by atoms with Crippen LogP contribution in [0.5, 0.6) is 0 Å². The van der Waals surface area contributed by atoms with Crippen LogP contribution in [-0.4, -0.2) is 41.6 Å². The monoisotopic (exact) mass is 441 g/mol. The molecule has 1 aromatic carbocycles. The van der Waals surface area contributed by atoms with Gasteiger partial charge >= 0.3 is 0 Å². The molecule has 3 atom stereocenters. The maximum atomic E-state index is 12.6. The molecule has 8 nitrogen and oxygen atoms in total. The Kier molecular flexibility index (Phi) is 5.43. The SMILES string of the molecule is C[C@H]1CC(c2cc(=O)n(C)c3cc(CC#N)nn23)CCN1[C@@H](C)c1ccc2nccnc2c1. The lowest BCUT2D eigenvalue weighted by atomic mass is 9.87. The Morgan fingerprint density at radius 1 is 1.18 bits per heavy atom. The van der Waals surface area contributed by atoms with E-state index >= 15 is 0 Å². The first-order valence-corrected chi connectivity index (χ1v) is 11.4. The summed E-state index contributed by atoms with van der Waals surface area (Å²) in [6, 6.07) is 12.6. The van der Waals surface area contributed by atoms with Gasteiger partial charge in [-0.1, -0.05) is 6.07 Å². The Morgan fingerprint density at radius 2 is 1.97 bits per heavy atom. The lowest BCUT2D eigenvalue weighted by Gasteiger charge is -2.41. The molecule has 0 amide bonds. The molecular formula is C25H27N7O. The third-order valence-electron chi connectivity index (χ3n) is 7.01. The molecule has 1 saturated heterocycles. The van der Waals surface area contributed by atoms with Crippen molar-refractivity contribution in [1.29, 1.82) is 5.26 Å². The van der Waals surface area contributed by atoms with Gasteiger partial charge in [0.2, 0.25) is 0 Å². The molecule has 0 N–H and O–H groups in total. The number of hydrogen-bond acceptors (Lipinski definition) is 6. The molecule has 33 heavy (non-hydrogen) atoms. The van der Waals surface area contributed by atoms with Crippen LogP contribution in [0.25, 0.3) is 16.7 Å². The van der Waals surface area contributed by atoms with Crippen molar-refractivity contribution in [1.82, 2.24) is 29.0 Å². The highest BCUT2D eigenvalue weighted by atomic mass is 16.1. The Labute approximate surface area is 192 Å². The largest absolute Gasteiger partial charge is 0.296 e. The molecule has 0 spiro atoms. The van der Waals surface area contributed by atoms with Crippen molar-refractivity contribution in [3.8, 4) is 6.07 Å². The number of benzene rings is 1. The Bertz CT molecular complexity index is 1430. The van der Waals surface area contributed by atoms with Crippen molar-refractivity contribution in [2.24, 2.45) is 7.05 Å². The van der Waals surface area contributed by atoms with Crippen molar-refractivity contribution in [3.05, 3.63) is 70.0 Å². The second-order valence-corrected chi connectivity index (χ2v) is 9.00. The number of aromatic nitrogens is 5. The summed E-state index contributed by atoms with van der Waals surface area (Å²) in [7, 11) is 1.75. The Hall–Kier alpha value is -3.57. The van der Waals surface area contributed by atoms with Gasteiger partial charge in [-0.2, -0.15) is 10.4 Å². The summed E-state index contributed by atoms with van der Waals surface area (Å²) in [6.07, 6.45) is 5.56. The van der Waals surface area contributed by atoms with E-state index in [-0.39, 0.29) is 23.9 Å². The summed E-state index contributed by atoms with van der Waals surface area (Å²) in [6.45, 7) is 5.42. The predicted molar refractivity (Wildman–Crippen MR) is 126 cm³/mol. The fraction of sp³-hybridized carbons (Fsp3) is 0.400. The van der Waals surface area contributed by atoms with Crippen molar-refractivity contribution in [2.75, 3.05) is 6.54 Å². The van der Waals surface area contributed by atoms with Crippen LogP contribution in [0.1, 0.15) is 55.6 Å². The molecular weight excluding hydrogens is 414 g/mol. The molecule has 0 radical (unpaired) electrons. The normalized spacial score (nSPS) is 20.2. The maximum absolute atomic E-state index is 12.6. The highest BCUT2D eigenvalue weighted by molar-refractivity contribution is 5.74. The first-order valence-electron chi connectivity index (χ1n) is 11.4. The van der Waals surface area contributed by atoms with E-state index in [4.69, 9.17) is 5.26 Å². The van der Waals surface area contributed by atoms with Crippen LogP contribution in [0.3, 0.4) is 0 Å². The molecule has 1 unspecified atom stereocenters. The van der Waals surface area contributed by atoms with Gasteiger partial charge in [0, 0.05) is 49.6 Å². The van der Waals surface area contributed by atoms with Gasteiger partial charge in [-0.05, 0) is 50.9 Å². The van der Waals surface area contributed by atoms with E-state index in [2.05, 4.69) is 52.0 Å². The van der Waals surface area contributed by atoms with E-state index in [0.717, 1.165) is 41.8 Å². The summed E-state index contributed by atoms with van der Waals surface area (Å²) in [4.78, 5) is 24.0. The van der Waals surface area contributed by atoms with Gasteiger partial charge in [0.15, 0.2) is 0 Å². The van der Waals surface area contributed by atoms with Gasteiger partial charge < -0.3 is 0 Å². The second kappa shape index (κ2) is 8.41. The zero-order valence-corrected chi connectivity index (χ0v) is 19.1. The van der Waals surface area contributed by atoms with Crippen LogP contribution in [0.2, 0.25) is 0 Å². The van der Waals surface area contributed by atoms with Gasteiger partial charge in [0.05, 0.1) is 34.9 Å². The second-order valence-electron chi connectivity index (χ2n) is 9.00. The molecule has 4 heterocycles. The van der Waals surface area contributed by atoms with E-state index in [0.29, 0.717) is 11.7 Å². The third-order valence-corrected chi connectivity index (χ3v) is 7.01. The van der Waals surface area contributed by atoms with Crippen LogP contribution in [0, 0.1) is 11.3 Å². The summed E-state index contributed by atoms with van der Waals surface area (Å²) in [5.74, 6) is 0.233. The van der Waals surface area contributed by atoms with Crippen LogP contribution in [0.15, 0.2) is 47.5 Å². The molecule has 168 valence electrons. The van der Waals surface area contributed by atoms with Crippen molar-refractivity contribution < 1.29 is 0 Å². The maximum Gasteiger partial charge on any atom is 0.253 e. The van der Waals surface area contributed by atoms with Crippen molar-refractivity contribution >= 4 is 16.7 Å². The average Bonchev–Trinajstić information content (AvgIpc) is 3.25. The van der Waals surface area contributed by atoms with Crippen LogP contribution in [-0.2, 0) is 13.5 Å². The lowest BCUT2D eigenvalue weighted by molar-refractivity contribution is 0.102. The molecule has 8 heteroatoms. The molecule has 3 aromatic heterocycles. The molecule has 1 aliphatic rings. The number of piperidine rings is 1. The number of aryl methyl sites for hydroxylation is 1. The van der Waals surface area contributed by atoms with Gasteiger partial charge in [0.1, 0.15) is 5.65 Å². The third kappa shape index (κ3) is 3.79. The van der Waals surface area contributed by atoms with Crippen molar-refractivity contribution in [3.63, 3.8) is 0 Å². The van der Waals surface area contributed by atoms with E-state index in [1.807, 2.05) is 16.6 Å². The lowest BCUT2D eigenvalue weighted by Crippen LogP contribution is -2.42. The Morgan fingerprint density at radius 3 is 2.73 bits per heavy atom. The van der Waals surface area contributed by atoms with Crippen molar-refractivity contribution in [2.45, 2.75) is 51.1 Å². The molecule has 1 fully saturated rings. The summed E-state index contributed by atoms with van der Waals surface area (Å²) >= 11 is 0. The molecule has 4 aromatic rings. The first-order chi connectivity index (χ1) is 16.0. The first kappa shape index (κ1) is 21.3. The minimum Gasteiger partial charge on any atom is -0.296 e. The highest BCUT2D eigenvalue weighted by Gasteiger charge is 2.32. The molecule has 0 aliphatic carbocycles. The van der Waals surface area contributed by atoms with Crippen LogP contribution >= 0.6 is 0 Å². The number of likely N-dealkylation sites (tertiary alicyclic amines) is 1. The standard InChI is InChI=1S/C25H27N7O/c1-16-12-19(23-15-25(33)30(3)24-14-20(6-8-26)29-32(23)24)7-11-31(16)17(2)18-4-5-21-22(13-18)28-10-9-27-21/h4-5,9-10,13-17,19H,6-7,11-12H2,1-3H3/t16-,17-,19?/m0/s1. The van der Waals surface area contributed by atoms with E-state index < -0.39 is 0 Å². The smallest absolute Gasteiger partial charge is 0.253 e. The van der Waals surface area contributed by atoms with E-state index in [9.17, 15) is 4.79 Å². The van der Waals surface area contributed by atoms with Gasteiger partial charge in [0.25, 0.3) is 5.56 Å². The highest BCUT2D eigenvalue weighted by Crippen LogP contribution is 2.36. The zero-order valence-electron chi connectivity index (χ0n) is 19.1. The Balaban J connectivity index is 1.41. The summed E-state index contributed by atoms with van der Waals surface area (Å²) in [5.41, 5.74) is 5.39. The number of fused-ring (bicyclic) bond motifs is 2. The van der Waals surface area contributed by atoms with Crippen LogP contribution < -0.4 is 5.56 Å². The van der Waals surface area contributed by atoms with Crippen LogP contribution in [0.4, 0.5) is 0 Å². The number of hydrogen-bond donors (Lipinski definition) is 0. The zero-order chi connectivity index (χ0) is 23.1. The van der Waals surface area contributed by atoms with Gasteiger partial charge in [-0.3, -0.25) is 24.2 Å². The summed E-state index contributed by atoms with van der Waals surface area (Å²) < 4.78 is 3.47. The topological polar surface area (TPSA) is 92.1 Å². The number of rotatable bonds is 4. The quantitative estimate of drug-likeness (QED) is 0.482. The van der Waals surface area contributed by atoms with Gasteiger partial charge in [-0.25, -0.2) is 4.52 Å².